The van der Waals surface area contributed by atoms with Gasteiger partial charge in [0.05, 0.1) is 17.5 Å². The molecule has 1 saturated heterocycles. The fraction of sp³-hybridized carbons (Fsp3) is 0.353. The number of hydrogen-bond acceptors (Lipinski definition) is 5. The van der Waals surface area contributed by atoms with Crippen LogP contribution in [0.1, 0.15) is 34.2 Å². The summed E-state index contributed by atoms with van der Waals surface area (Å²) in [7, 11) is -3.22. The maximum atomic E-state index is 11.7. The molecule has 2 heterocycles. The first-order chi connectivity index (χ1) is 11.8. The maximum Gasteiger partial charge on any atom is 0.336 e. The highest BCUT2D eigenvalue weighted by Crippen LogP contribution is 2.30. The van der Waals surface area contributed by atoms with E-state index in [9.17, 15) is 18.3 Å². The predicted octanol–water partition coefficient (Wildman–Crippen LogP) is 1.90. The quantitative estimate of drug-likeness (QED) is 0.893. The van der Waals surface area contributed by atoms with Crippen LogP contribution in [-0.2, 0) is 10.0 Å². The van der Waals surface area contributed by atoms with Crippen LogP contribution in [0.5, 0.6) is 0 Å². The Morgan fingerprint density at radius 2 is 2.00 bits per heavy atom. The van der Waals surface area contributed by atoms with Crippen LogP contribution in [0.25, 0.3) is 11.3 Å². The van der Waals surface area contributed by atoms with Crippen molar-refractivity contribution < 1.29 is 18.3 Å². The normalized spacial score (nSPS) is 18.4. The van der Waals surface area contributed by atoms with Gasteiger partial charge in [-0.15, -0.1) is 0 Å². The van der Waals surface area contributed by atoms with E-state index in [0.29, 0.717) is 36.6 Å². The number of sulfonamides is 1. The summed E-state index contributed by atoms with van der Waals surface area (Å²) >= 11 is 0. The molecule has 1 atom stereocenters. The molecule has 1 aromatic carbocycles. The molecule has 7 nitrogen and oxygen atoms in total. The zero-order valence-corrected chi connectivity index (χ0v) is 14.8. The average Bonchev–Trinajstić information content (AvgIpc) is 3.04. The van der Waals surface area contributed by atoms with Crippen molar-refractivity contribution in [3.63, 3.8) is 0 Å². The van der Waals surface area contributed by atoms with Crippen molar-refractivity contribution in [2.45, 2.75) is 19.3 Å². The van der Waals surface area contributed by atoms with E-state index in [2.05, 4.69) is 9.97 Å². The number of aryl methyl sites for hydroxylation is 1. The molecule has 3 rings (SSSR count). The van der Waals surface area contributed by atoms with E-state index in [0.717, 1.165) is 5.69 Å². The monoisotopic (exact) mass is 361 g/mol. The lowest BCUT2D eigenvalue weighted by molar-refractivity contribution is 0.0697. The molecule has 1 unspecified atom stereocenters. The highest BCUT2D eigenvalue weighted by molar-refractivity contribution is 7.88. The van der Waals surface area contributed by atoms with E-state index < -0.39 is 16.0 Å². The van der Waals surface area contributed by atoms with Gasteiger partial charge in [0.15, 0.2) is 0 Å². The average molecular weight is 361 g/mol. The molecular formula is C17H19N3O4S. The van der Waals surface area contributed by atoms with Gasteiger partial charge in [-0.25, -0.2) is 27.5 Å². The van der Waals surface area contributed by atoms with E-state index in [4.69, 9.17) is 0 Å². The van der Waals surface area contributed by atoms with Gasteiger partial charge < -0.3 is 5.11 Å². The summed E-state index contributed by atoms with van der Waals surface area (Å²) in [6.45, 7) is 2.60. The number of carbonyl (C=O) groups is 1. The molecule has 0 aliphatic carbocycles. The molecule has 0 radical (unpaired) electrons. The smallest absolute Gasteiger partial charge is 0.336 e. The molecule has 2 aromatic rings. The second kappa shape index (κ2) is 6.53. The van der Waals surface area contributed by atoms with E-state index in [1.54, 1.807) is 31.2 Å². The number of rotatable bonds is 4. The van der Waals surface area contributed by atoms with Crippen LogP contribution < -0.4 is 0 Å². The van der Waals surface area contributed by atoms with Crippen LogP contribution in [0.15, 0.2) is 30.3 Å². The first-order valence-electron chi connectivity index (χ1n) is 7.89. The zero-order chi connectivity index (χ0) is 18.2. The Kier molecular flexibility index (Phi) is 4.57. The maximum absolute atomic E-state index is 11.7. The standard InChI is InChI=1S/C17H19N3O4S/c1-11-18-15(12-7-8-20(10-12)25(2,23)24)9-16(19-11)13-5-3-4-6-14(13)17(21)22/h3-6,9,12H,7-8,10H2,1-2H3,(H,21,22). The number of hydrogen-bond donors (Lipinski definition) is 1. The minimum atomic E-state index is -3.22. The van der Waals surface area contributed by atoms with Crippen LogP contribution >= 0.6 is 0 Å². The molecule has 1 N–H and O–H groups in total. The molecule has 0 bridgehead atoms. The second-order valence-electron chi connectivity index (χ2n) is 6.18. The van der Waals surface area contributed by atoms with Crippen molar-refractivity contribution in [3.8, 4) is 11.3 Å². The summed E-state index contributed by atoms with van der Waals surface area (Å²) < 4.78 is 24.9. The minimum absolute atomic E-state index is 0.0211. The first kappa shape index (κ1) is 17.5. The summed E-state index contributed by atoms with van der Waals surface area (Å²) in [5, 5.41) is 9.38. The van der Waals surface area contributed by atoms with Crippen LogP contribution in [0.3, 0.4) is 0 Å². The first-order valence-corrected chi connectivity index (χ1v) is 9.74. The van der Waals surface area contributed by atoms with Crippen LogP contribution in [0, 0.1) is 6.92 Å². The van der Waals surface area contributed by atoms with Crippen molar-refractivity contribution in [2.24, 2.45) is 0 Å². The third-order valence-electron chi connectivity index (χ3n) is 4.33. The molecule has 132 valence electrons. The summed E-state index contributed by atoms with van der Waals surface area (Å²) in [5.74, 6) is -0.504. The molecule has 0 spiro atoms. The van der Waals surface area contributed by atoms with Gasteiger partial charge >= 0.3 is 5.97 Å². The lowest BCUT2D eigenvalue weighted by Crippen LogP contribution is -2.27. The third kappa shape index (κ3) is 3.69. The molecule has 8 heteroatoms. The number of carboxylic acid groups (broad SMARTS) is 1. The Bertz CT molecular complexity index is 927. The van der Waals surface area contributed by atoms with Gasteiger partial charge in [-0.1, -0.05) is 18.2 Å². The van der Waals surface area contributed by atoms with Crippen molar-refractivity contribution >= 4 is 16.0 Å². The number of aromatic carboxylic acids is 1. The number of nitrogens with zero attached hydrogens (tertiary/aromatic N) is 3. The lowest BCUT2D eigenvalue weighted by atomic mass is 9.99. The van der Waals surface area contributed by atoms with Crippen LogP contribution in [-0.4, -0.2) is 53.1 Å². The van der Waals surface area contributed by atoms with Crippen LogP contribution in [0.2, 0.25) is 0 Å². The SMILES string of the molecule is Cc1nc(-c2ccccc2C(=O)O)cc(C2CCN(S(C)(=O)=O)C2)n1. The lowest BCUT2D eigenvalue weighted by Gasteiger charge is -2.14. The number of benzene rings is 1. The van der Waals surface area contributed by atoms with E-state index >= 15 is 0 Å². The van der Waals surface area contributed by atoms with Gasteiger partial charge in [-0.3, -0.25) is 0 Å². The van der Waals surface area contributed by atoms with Gasteiger partial charge in [-0.05, 0) is 25.5 Å². The third-order valence-corrected chi connectivity index (χ3v) is 5.60. The molecule has 25 heavy (non-hydrogen) atoms. The summed E-state index contributed by atoms with van der Waals surface area (Å²) in [6.07, 6.45) is 1.89. The molecule has 0 amide bonds. The topological polar surface area (TPSA) is 100 Å². The summed E-state index contributed by atoms with van der Waals surface area (Å²) in [4.78, 5) is 20.3. The fourth-order valence-corrected chi connectivity index (χ4v) is 3.99. The Balaban J connectivity index is 1.99. The Morgan fingerprint density at radius 1 is 1.28 bits per heavy atom. The van der Waals surface area contributed by atoms with E-state index in [1.807, 2.05) is 0 Å². The summed E-state index contributed by atoms with van der Waals surface area (Å²) in [6, 6.07) is 8.45. The minimum Gasteiger partial charge on any atom is -0.478 e. The molecule has 0 saturated carbocycles. The fourth-order valence-electron chi connectivity index (χ4n) is 3.10. The van der Waals surface area contributed by atoms with E-state index in [-0.39, 0.29) is 11.5 Å². The molecule has 1 aromatic heterocycles. The van der Waals surface area contributed by atoms with Crippen molar-refractivity contribution in [2.75, 3.05) is 19.3 Å². The molecule has 1 fully saturated rings. The largest absolute Gasteiger partial charge is 0.478 e. The predicted molar refractivity (Wildman–Crippen MR) is 92.9 cm³/mol. The Morgan fingerprint density at radius 3 is 2.64 bits per heavy atom. The van der Waals surface area contributed by atoms with Crippen molar-refractivity contribution in [3.05, 3.63) is 47.4 Å². The van der Waals surface area contributed by atoms with Gasteiger partial charge in [0.2, 0.25) is 10.0 Å². The highest BCUT2D eigenvalue weighted by atomic mass is 32.2. The zero-order valence-electron chi connectivity index (χ0n) is 14.0. The molecular weight excluding hydrogens is 342 g/mol. The van der Waals surface area contributed by atoms with Gasteiger partial charge in [0, 0.05) is 30.3 Å². The summed E-state index contributed by atoms with van der Waals surface area (Å²) in [5.41, 5.74) is 1.99. The van der Waals surface area contributed by atoms with Crippen LogP contribution in [0.4, 0.5) is 0 Å². The van der Waals surface area contributed by atoms with Gasteiger partial charge in [0.25, 0.3) is 0 Å². The molecule has 1 aliphatic rings. The van der Waals surface area contributed by atoms with Crippen molar-refractivity contribution in [1.29, 1.82) is 0 Å². The number of carboxylic acids is 1. The van der Waals surface area contributed by atoms with E-state index in [1.165, 1.54) is 16.6 Å². The van der Waals surface area contributed by atoms with Crippen molar-refractivity contribution in [1.82, 2.24) is 14.3 Å². The number of aromatic nitrogens is 2. The van der Waals surface area contributed by atoms with Gasteiger partial charge in [0.1, 0.15) is 5.82 Å². The van der Waals surface area contributed by atoms with Gasteiger partial charge in [-0.2, -0.15) is 0 Å². The highest BCUT2D eigenvalue weighted by Gasteiger charge is 2.30. The second-order valence-corrected chi connectivity index (χ2v) is 8.17. The molecule has 1 aliphatic heterocycles. The Hall–Kier alpha value is -2.32. The Labute approximate surface area is 146 Å².